The van der Waals surface area contributed by atoms with Gasteiger partial charge in [0.1, 0.15) is 17.3 Å². The fraction of sp³-hybridized carbons (Fsp3) is 0.304. The van der Waals surface area contributed by atoms with Crippen LogP contribution >= 0.6 is 0 Å². The predicted octanol–water partition coefficient (Wildman–Crippen LogP) is 12.6. The maximum absolute atomic E-state index is 6.82. The maximum Gasteiger partial charge on any atom is 0.137 e. The van der Waals surface area contributed by atoms with E-state index in [4.69, 9.17) is 14.8 Å². The van der Waals surface area contributed by atoms with Crippen molar-refractivity contribution in [3.8, 4) is 34.1 Å². The largest absolute Gasteiger partial charge is 0.457 e. The van der Waals surface area contributed by atoms with E-state index in [-0.39, 0.29) is 0 Å². The molecule has 5 nitrogen and oxygen atoms in total. The summed E-state index contributed by atoms with van der Waals surface area (Å²) in [6, 6.07) is 32.6. The van der Waals surface area contributed by atoms with Crippen LogP contribution < -0.4 is 4.74 Å². The number of hydrogen-bond donors (Lipinski definition) is 0. The molecule has 0 saturated heterocycles. The minimum Gasteiger partial charge on any atom is -0.457 e. The van der Waals surface area contributed by atoms with E-state index >= 15 is 0 Å². The van der Waals surface area contributed by atoms with Gasteiger partial charge >= 0.3 is 0 Å². The van der Waals surface area contributed by atoms with Gasteiger partial charge in [0.25, 0.3) is 0 Å². The van der Waals surface area contributed by atoms with Crippen molar-refractivity contribution in [1.82, 2.24) is 19.3 Å². The number of ether oxygens (including phenoxy) is 1. The highest BCUT2D eigenvalue weighted by atomic mass is 16.5. The van der Waals surface area contributed by atoms with Crippen LogP contribution in [0.4, 0.5) is 0 Å². The summed E-state index contributed by atoms with van der Waals surface area (Å²) in [6.07, 6.45) is 5.87. The molecular weight excluding hydrogens is 625 g/mol. The summed E-state index contributed by atoms with van der Waals surface area (Å²) < 4.78 is 11.3. The van der Waals surface area contributed by atoms with Crippen LogP contribution in [0.1, 0.15) is 99.9 Å². The van der Waals surface area contributed by atoms with Crippen molar-refractivity contribution < 1.29 is 4.74 Å². The lowest BCUT2D eigenvalue weighted by Crippen LogP contribution is -2.05. The fourth-order valence-electron chi connectivity index (χ4n) is 7.53. The number of benzene rings is 4. The van der Waals surface area contributed by atoms with Crippen LogP contribution in [0.3, 0.4) is 0 Å². The number of aryl methyl sites for hydroxylation is 3. The van der Waals surface area contributed by atoms with Crippen LogP contribution in [-0.4, -0.2) is 19.3 Å². The van der Waals surface area contributed by atoms with Crippen LogP contribution in [0.15, 0.2) is 97.2 Å². The summed E-state index contributed by atoms with van der Waals surface area (Å²) in [5, 5.41) is 7.75. The summed E-state index contributed by atoms with van der Waals surface area (Å²) >= 11 is 0. The van der Waals surface area contributed by atoms with Crippen LogP contribution in [0.2, 0.25) is 0 Å². The molecule has 0 saturated carbocycles. The van der Waals surface area contributed by atoms with Crippen molar-refractivity contribution in [3.63, 3.8) is 0 Å². The molecule has 260 valence electrons. The Morgan fingerprint density at radius 3 is 2.10 bits per heavy atom. The molecule has 3 aromatic heterocycles. The van der Waals surface area contributed by atoms with Crippen LogP contribution in [0.25, 0.3) is 44.4 Å². The van der Waals surface area contributed by atoms with Gasteiger partial charge < -0.3 is 4.74 Å². The van der Waals surface area contributed by atoms with Crippen molar-refractivity contribution in [2.45, 2.75) is 92.9 Å². The van der Waals surface area contributed by atoms with Gasteiger partial charge in [-0.25, -0.2) is 9.67 Å². The molecule has 0 atom stereocenters. The normalized spacial score (nSPS) is 11.8. The van der Waals surface area contributed by atoms with Crippen LogP contribution in [-0.2, 0) is 12.8 Å². The highest BCUT2D eigenvalue weighted by molar-refractivity contribution is 6.09. The lowest BCUT2D eigenvalue weighted by molar-refractivity contribution is 0.481. The average molecular weight is 675 g/mol. The molecule has 0 radical (unpaired) electrons. The van der Waals surface area contributed by atoms with E-state index in [1.165, 1.54) is 55.5 Å². The second kappa shape index (κ2) is 14.2. The molecule has 0 amide bonds. The second-order valence-corrected chi connectivity index (χ2v) is 14.6. The molecule has 0 aliphatic carbocycles. The molecule has 0 bridgehead atoms. The maximum atomic E-state index is 6.82. The summed E-state index contributed by atoms with van der Waals surface area (Å²) in [7, 11) is 0. The van der Waals surface area contributed by atoms with E-state index in [0.29, 0.717) is 11.8 Å². The lowest BCUT2D eigenvalue weighted by Gasteiger charge is -2.16. The van der Waals surface area contributed by atoms with E-state index < -0.39 is 0 Å². The van der Waals surface area contributed by atoms with Crippen molar-refractivity contribution in [3.05, 3.63) is 131 Å². The highest BCUT2D eigenvalue weighted by Crippen LogP contribution is 2.39. The highest BCUT2D eigenvalue weighted by Gasteiger charge is 2.23. The Balaban J connectivity index is 1.37. The number of nitrogens with zero attached hydrogens (tertiary/aromatic N) is 4. The van der Waals surface area contributed by atoms with Gasteiger partial charge in [-0.3, -0.25) is 4.57 Å². The van der Waals surface area contributed by atoms with E-state index in [1.54, 1.807) is 0 Å². The standard InChI is InChI=1S/C46H50N4O/c1-9-14-40-46(45-31(7)16-13-17-32(45)8)42(15-10-2)50(48-40)35-24-34(30(5)6)25-37(27-35)51-36-20-21-39-38-18-11-12-19-41(38)49(43(39)28-36)44-26-33(29(3)4)22-23-47-44/h11-13,16-30H,9-10,14-15H2,1-8H3. The second-order valence-electron chi connectivity index (χ2n) is 14.6. The molecule has 51 heavy (non-hydrogen) atoms. The van der Waals surface area contributed by atoms with E-state index in [0.717, 1.165) is 59.7 Å². The van der Waals surface area contributed by atoms with Crippen molar-refractivity contribution in [2.75, 3.05) is 0 Å². The molecule has 4 aromatic carbocycles. The van der Waals surface area contributed by atoms with Crippen molar-refractivity contribution in [2.24, 2.45) is 0 Å². The van der Waals surface area contributed by atoms with Crippen LogP contribution in [0.5, 0.6) is 11.5 Å². The summed E-state index contributed by atoms with van der Waals surface area (Å²) in [5.41, 5.74) is 13.4. The smallest absolute Gasteiger partial charge is 0.137 e. The molecule has 0 fully saturated rings. The van der Waals surface area contributed by atoms with Crippen LogP contribution in [0, 0.1) is 13.8 Å². The minimum atomic E-state index is 0.315. The molecular formula is C46H50N4O. The third-order valence-electron chi connectivity index (χ3n) is 10.1. The van der Waals surface area contributed by atoms with E-state index in [2.05, 4.69) is 156 Å². The Morgan fingerprint density at radius 2 is 1.37 bits per heavy atom. The Kier molecular flexibility index (Phi) is 9.56. The van der Waals surface area contributed by atoms with Gasteiger partial charge in [-0.05, 0) is 109 Å². The molecule has 7 aromatic rings. The first-order valence-corrected chi connectivity index (χ1v) is 18.7. The number of hydrogen-bond acceptors (Lipinski definition) is 3. The number of pyridine rings is 1. The van der Waals surface area contributed by atoms with Gasteiger partial charge in [0.05, 0.1) is 28.1 Å². The topological polar surface area (TPSA) is 44.9 Å². The van der Waals surface area contributed by atoms with Gasteiger partial charge in [0.2, 0.25) is 0 Å². The molecule has 3 heterocycles. The first-order valence-electron chi connectivity index (χ1n) is 18.7. The molecule has 0 N–H and O–H groups in total. The molecule has 7 rings (SSSR count). The Morgan fingerprint density at radius 1 is 0.647 bits per heavy atom. The number of para-hydroxylation sites is 1. The SMILES string of the molecule is CCCc1nn(-c2cc(Oc3ccc4c5ccccc5n(-c5cc(C(C)C)ccn5)c4c3)cc(C(C)C)c2)c(CCC)c1-c1c(C)cccc1C. The fourth-order valence-corrected chi connectivity index (χ4v) is 7.53. The molecule has 0 unspecified atom stereocenters. The number of rotatable bonds is 11. The summed E-state index contributed by atoms with van der Waals surface area (Å²) in [4.78, 5) is 4.84. The first kappa shape index (κ1) is 34.3. The first-order chi connectivity index (χ1) is 24.7. The Hall–Kier alpha value is -5.16. The third-order valence-corrected chi connectivity index (χ3v) is 10.1. The summed E-state index contributed by atoms with van der Waals surface area (Å²) in [6.45, 7) is 17.9. The summed E-state index contributed by atoms with van der Waals surface area (Å²) in [5.74, 6) is 3.23. The minimum absolute atomic E-state index is 0.315. The third kappa shape index (κ3) is 6.46. The zero-order chi connectivity index (χ0) is 35.8. The quantitative estimate of drug-likeness (QED) is 0.137. The Bertz CT molecular complexity index is 2340. The van der Waals surface area contributed by atoms with E-state index in [9.17, 15) is 0 Å². The monoisotopic (exact) mass is 674 g/mol. The van der Waals surface area contributed by atoms with Gasteiger partial charge in [0.15, 0.2) is 0 Å². The van der Waals surface area contributed by atoms with Gasteiger partial charge in [-0.2, -0.15) is 5.10 Å². The number of aromatic nitrogens is 4. The molecule has 5 heteroatoms. The molecule has 0 spiro atoms. The number of fused-ring (bicyclic) bond motifs is 3. The predicted molar refractivity (Wildman–Crippen MR) is 213 cm³/mol. The van der Waals surface area contributed by atoms with Crippen molar-refractivity contribution >= 4 is 21.8 Å². The lowest BCUT2D eigenvalue weighted by atomic mass is 9.91. The van der Waals surface area contributed by atoms with Gasteiger partial charge in [0, 0.05) is 34.7 Å². The Labute approximate surface area is 302 Å². The molecule has 0 aliphatic heterocycles. The average Bonchev–Trinajstić information content (AvgIpc) is 3.63. The van der Waals surface area contributed by atoms with Gasteiger partial charge in [-0.1, -0.05) is 90.8 Å². The molecule has 0 aliphatic rings. The zero-order valence-corrected chi connectivity index (χ0v) is 31.4. The van der Waals surface area contributed by atoms with E-state index in [1.807, 2.05) is 6.20 Å². The van der Waals surface area contributed by atoms with Crippen molar-refractivity contribution in [1.29, 1.82) is 0 Å². The zero-order valence-electron chi connectivity index (χ0n) is 31.4. The van der Waals surface area contributed by atoms with Gasteiger partial charge in [-0.15, -0.1) is 0 Å².